The van der Waals surface area contributed by atoms with E-state index in [1.54, 1.807) is 13.8 Å². The summed E-state index contributed by atoms with van der Waals surface area (Å²) in [5.41, 5.74) is 2.57. The molecule has 1 unspecified atom stereocenters. The number of aliphatic hydroxyl groups excluding tert-OH is 2. The molecular weight excluding hydrogens is 454 g/mol. The van der Waals surface area contributed by atoms with Crippen LogP contribution in [-0.4, -0.2) is 51.0 Å². The van der Waals surface area contributed by atoms with Gasteiger partial charge >= 0.3 is 5.97 Å². The number of esters is 1. The first-order chi connectivity index (χ1) is 15.9. The average Bonchev–Trinajstić information content (AvgIpc) is 3.20. The Morgan fingerprint density at radius 1 is 1.09 bits per heavy atom. The third-order valence-electron chi connectivity index (χ3n) is 6.62. The summed E-state index contributed by atoms with van der Waals surface area (Å²) in [5.74, 6) is -3.53. The fraction of sp³-hybridized carbons (Fsp3) is 0.615. The lowest BCUT2D eigenvalue weighted by atomic mass is 9.81. The molecule has 0 saturated heterocycles. The van der Waals surface area contributed by atoms with Crippen LogP contribution in [0.3, 0.4) is 0 Å². The van der Waals surface area contributed by atoms with Crippen LogP contribution >= 0.6 is 11.3 Å². The fourth-order valence-electron chi connectivity index (χ4n) is 4.01. The van der Waals surface area contributed by atoms with Crippen LogP contribution in [0.2, 0.25) is 0 Å². The van der Waals surface area contributed by atoms with Gasteiger partial charge in [0.1, 0.15) is 17.7 Å². The van der Waals surface area contributed by atoms with Gasteiger partial charge < -0.3 is 14.9 Å². The molecule has 1 aliphatic rings. The van der Waals surface area contributed by atoms with Crippen LogP contribution in [0.5, 0.6) is 0 Å². The van der Waals surface area contributed by atoms with Gasteiger partial charge in [-0.15, -0.1) is 11.3 Å². The van der Waals surface area contributed by atoms with Crippen molar-refractivity contribution < 1.29 is 29.3 Å². The van der Waals surface area contributed by atoms with Crippen molar-refractivity contribution in [3.63, 3.8) is 0 Å². The Hall–Kier alpha value is -2.16. The number of carbonyl (C=O) groups is 3. The first-order valence-electron chi connectivity index (χ1n) is 11.8. The van der Waals surface area contributed by atoms with Crippen LogP contribution in [0.4, 0.5) is 0 Å². The van der Waals surface area contributed by atoms with Crippen molar-refractivity contribution in [3.8, 4) is 0 Å². The summed E-state index contributed by atoms with van der Waals surface area (Å²) in [7, 11) is 0. The van der Waals surface area contributed by atoms with Gasteiger partial charge in [0.2, 0.25) is 0 Å². The molecule has 2 N–H and O–H groups in total. The standard InChI is InChI=1S/C26H37NO6S/c1-14-7-9-21(28)16(3)25(31)18(5)26(32)17(4)22(29)12-24(30)33-23(10-8-14)15(2)11-20-13-34-19(6)27-20/h8,11,13,16-18,22-23,25,29,31H,7,9-10,12H2,1-6H3/b14-8-,15-11+/t16-,17?,18+,22-,23-,25-/m0/s1. The van der Waals surface area contributed by atoms with Crippen molar-refractivity contribution in [1.29, 1.82) is 0 Å². The number of thiazole rings is 1. The Balaban J connectivity index is 2.33. The average molecular weight is 492 g/mol. The molecule has 0 fully saturated rings. The highest BCUT2D eigenvalue weighted by atomic mass is 32.1. The second kappa shape index (κ2) is 12.5. The number of hydrogen-bond acceptors (Lipinski definition) is 8. The van der Waals surface area contributed by atoms with E-state index in [1.165, 1.54) is 18.3 Å². The first-order valence-corrected chi connectivity index (χ1v) is 12.7. The van der Waals surface area contributed by atoms with E-state index in [0.29, 0.717) is 12.8 Å². The SMILES string of the molecule is C/C1=C/C[C@@H](/C(C)=C/c2csc(C)n2)OC(=O)C[C@H](O)C(C)C(=O)[C@H](C)[C@@H](O)[C@@H](C)C(=O)CC1. The summed E-state index contributed by atoms with van der Waals surface area (Å²) >= 11 is 1.53. The molecule has 0 aliphatic carbocycles. The smallest absolute Gasteiger partial charge is 0.309 e. The predicted octanol–water partition coefficient (Wildman–Crippen LogP) is 4.06. The number of aryl methyl sites for hydroxylation is 1. The van der Waals surface area contributed by atoms with Gasteiger partial charge in [0.25, 0.3) is 0 Å². The minimum atomic E-state index is -1.25. The Morgan fingerprint density at radius 2 is 1.76 bits per heavy atom. The molecule has 2 rings (SSSR count). The highest BCUT2D eigenvalue weighted by Crippen LogP contribution is 2.25. The molecule has 1 aliphatic heterocycles. The number of rotatable bonds is 2. The largest absolute Gasteiger partial charge is 0.457 e. The molecule has 6 atom stereocenters. The second-order valence-electron chi connectivity index (χ2n) is 9.44. The van der Waals surface area contributed by atoms with Gasteiger partial charge in [-0.2, -0.15) is 0 Å². The minimum Gasteiger partial charge on any atom is -0.457 e. The molecule has 1 aromatic heterocycles. The second-order valence-corrected chi connectivity index (χ2v) is 10.5. The van der Waals surface area contributed by atoms with Crippen LogP contribution in [-0.2, 0) is 19.1 Å². The molecule has 7 nitrogen and oxygen atoms in total. The Bertz CT molecular complexity index is 949. The van der Waals surface area contributed by atoms with Gasteiger partial charge in [0.15, 0.2) is 0 Å². The maximum absolute atomic E-state index is 12.8. The monoisotopic (exact) mass is 491 g/mol. The van der Waals surface area contributed by atoms with E-state index in [9.17, 15) is 24.6 Å². The van der Waals surface area contributed by atoms with Gasteiger partial charge in [-0.1, -0.05) is 32.4 Å². The Labute approximate surface area is 205 Å². The number of allylic oxidation sites excluding steroid dienone is 1. The summed E-state index contributed by atoms with van der Waals surface area (Å²) in [6.07, 6.45) is 1.70. The maximum Gasteiger partial charge on any atom is 0.309 e. The lowest BCUT2D eigenvalue weighted by molar-refractivity contribution is -0.151. The summed E-state index contributed by atoms with van der Waals surface area (Å²) in [6, 6.07) is 0. The molecule has 0 saturated carbocycles. The van der Waals surface area contributed by atoms with Crippen molar-refractivity contribution in [2.75, 3.05) is 0 Å². The predicted molar refractivity (Wildman–Crippen MR) is 132 cm³/mol. The number of aliphatic hydroxyl groups is 2. The number of aromatic nitrogens is 1. The molecule has 2 heterocycles. The van der Waals surface area contributed by atoms with E-state index in [-0.39, 0.29) is 24.4 Å². The molecule has 1 aromatic rings. The number of hydrogen-bond donors (Lipinski definition) is 2. The summed E-state index contributed by atoms with van der Waals surface area (Å²) < 4.78 is 5.72. The lowest BCUT2D eigenvalue weighted by Crippen LogP contribution is -2.40. The highest BCUT2D eigenvalue weighted by Gasteiger charge is 2.36. The minimum absolute atomic E-state index is 0.113. The van der Waals surface area contributed by atoms with Crippen molar-refractivity contribution >= 4 is 34.9 Å². The number of ketones is 2. The number of nitrogens with zero attached hydrogens (tertiary/aromatic N) is 1. The van der Waals surface area contributed by atoms with Crippen molar-refractivity contribution in [1.82, 2.24) is 4.98 Å². The number of carbonyl (C=O) groups excluding carboxylic acids is 3. The normalized spacial score (nSPS) is 32.8. The van der Waals surface area contributed by atoms with E-state index in [1.807, 2.05) is 38.3 Å². The summed E-state index contributed by atoms with van der Waals surface area (Å²) in [4.78, 5) is 42.6. The molecule has 0 spiro atoms. The van der Waals surface area contributed by atoms with E-state index < -0.39 is 42.0 Å². The van der Waals surface area contributed by atoms with Crippen molar-refractivity contribution in [2.45, 2.75) is 85.5 Å². The van der Waals surface area contributed by atoms with Crippen LogP contribution in [0.15, 0.2) is 22.6 Å². The van der Waals surface area contributed by atoms with E-state index in [4.69, 9.17) is 4.74 Å². The quantitative estimate of drug-likeness (QED) is 0.474. The molecule has 8 heteroatoms. The van der Waals surface area contributed by atoms with E-state index in [0.717, 1.165) is 21.8 Å². The third-order valence-corrected chi connectivity index (χ3v) is 7.41. The van der Waals surface area contributed by atoms with Gasteiger partial charge in [-0.3, -0.25) is 14.4 Å². The zero-order valence-corrected chi connectivity index (χ0v) is 21.7. The molecule has 0 amide bonds. The van der Waals surface area contributed by atoms with Crippen LogP contribution in [0.1, 0.15) is 71.0 Å². The molecular formula is C26H37NO6S. The molecule has 0 aromatic carbocycles. The van der Waals surface area contributed by atoms with E-state index in [2.05, 4.69) is 4.98 Å². The first kappa shape index (κ1) is 28.1. The Morgan fingerprint density at radius 3 is 2.38 bits per heavy atom. The van der Waals surface area contributed by atoms with Crippen LogP contribution < -0.4 is 0 Å². The zero-order chi connectivity index (χ0) is 25.6. The summed E-state index contributed by atoms with van der Waals surface area (Å²) in [5, 5.41) is 24.0. The Kier molecular flexibility index (Phi) is 10.3. The number of cyclic esters (lactones) is 1. The molecule has 0 radical (unpaired) electrons. The molecule has 188 valence electrons. The molecule has 34 heavy (non-hydrogen) atoms. The highest BCUT2D eigenvalue weighted by molar-refractivity contribution is 7.09. The van der Waals surface area contributed by atoms with Crippen molar-refractivity contribution in [3.05, 3.63) is 33.3 Å². The fourth-order valence-corrected chi connectivity index (χ4v) is 4.58. The number of Topliss-reactive ketones (excluding diaryl/α,β-unsaturated/α-hetero) is 2. The topological polar surface area (TPSA) is 114 Å². The van der Waals surface area contributed by atoms with Crippen LogP contribution in [0, 0.1) is 24.7 Å². The van der Waals surface area contributed by atoms with Gasteiger partial charge in [-0.05, 0) is 38.8 Å². The zero-order valence-electron chi connectivity index (χ0n) is 20.9. The summed E-state index contributed by atoms with van der Waals surface area (Å²) in [6.45, 7) is 10.4. The molecule has 0 bridgehead atoms. The van der Waals surface area contributed by atoms with Crippen LogP contribution in [0.25, 0.3) is 6.08 Å². The van der Waals surface area contributed by atoms with E-state index >= 15 is 0 Å². The van der Waals surface area contributed by atoms with Crippen molar-refractivity contribution in [2.24, 2.45) is 17.8 Å². The maximum atomic E-state index is 12.8. The van der Waals surface area contributed by atoms with Gasteiger partial charge in [-0.25, -0.2) is 4.98 Å². The van der Waals surface area contributed by atoms with Gasteiger partial charge in [0.05, 0.1) is 29.3 Å². The van der Waals surface area contributed by atoms with Gasteiger partial charge in [0, 0.05) is 36.0 Å². The third kappa shape index (κ3) is 7.68. The lowest BCUT2D eigenvalue weighted by Gasteiger charge is -2.27. The number of ether oxygens (including phenoxy) is 1.